The summed E-state index contributed by atoms with van der Waals surface area (Å²) in [6, 6.07) is 5.64. The number of aryl methyl sites for hydroxylation is 1. The summed E-state index contributed by atoms with van der Waals surface area (Å²) in [6.07, 6.45) is 3.40. The van der Waals surface area contributed by atoms with Gasteiger partial charge in [0.15, 0.2) is 0 Å². The first-order valence-electron chi connectivity index (χ1n) is 7.80. The van der Waals surface area contributed by atoms with Crippen LogP contribution in [0.3, 0.4) is 0 Å². The van der Waals surface area contributed by atoms with Gasteiger partial charge in [0.05, 0.1) is 0 Å². The highest BCUT2D eigenvalue weighted by atomic mass is 16.3. The lowest BCUT2D eigenvalue weighted by Gasteiger charge is -2.27. The van der Waals surface area contributed by atoms with Gasteiger partial charge in [-0.25, -0.2) is 0 Å². The summed E-state index contributed by atoms with van der Waals surface area (Å²) in [7, 11) is 0. The Hall–Kier alpha value is -1.88. The Labute approximate surface area is 131 Å². The molecule has 22 heavy (non-hydrogen) atoms. The van der Waals surface area contributed by atoms with E-state index in [2.05, 4.69) is 10.6 Å². The lowest BCUT2D eigenvalue weighted by atomic mass is 9.86. The lowest BCUT2D eigenvalue weighted by molar-refractivity contribution is -0.136. The van der Waals surface area contributed by atoms with Crippen LogP contribution in [-0.4, -0.2) is 29.6 Å². The molecule has 0 saturated heterocycles. The Morgan fingerprint density at radius 1 is 1.14 bits per heavy atom. The quantitative estimate of drug-likeness (QED) is 0.746. The van der Waals surface area contributed by atoms with E-state index in [0.717, 1.165) is 36.8 Å². The van der Waals surface area contributed by atoms with Gasteiger partial charge < -0.3 is 15.7 Å². The van der Waals surface area contributed by atoms with Crippen molar-refractivity contribution in [2.45, 2.75) is 45.6 Å². The minimum absolute atomic E-state index is 0.0275. The minimum atomic E-state index is -0.627. The maximum Gasteiger partial charge on any atom is 0.313 e. The molecule has 0 aromatic heterocycles. The third-order valence-electron chi connectivity index (χ3n) is 4.50. The average Bonchev–Trinajstić information content (AvgIpc) is 2.52. The summed E-state index contributed by atoms with van der Waals surface area (Å²) >= 11 is 0. The van der Waals surface area contributed by atoms with E-state index < -0.39 is 11.8 Å². The maximum absolute atomic E-state index is 12.0. The van der Waals surface area contributed by atoms with Crippen LogP contribution in [0.1, 0.15) is 36.8 Å². The second-order valence-electron chi connectivity index (χ2n) is 6.08. The van der Waals surface area contributed by atoms with Crippen LogP contribution in [-0.2, 0) is 9.59 Å². The number of aliphatic hydroxyl groups is 1. The fourth-order valence-corrected chi connectivity index (χ4v) is 2.81. The summed E-state index contributed by atoms with van der Waals surface area (Å²) in [5, 5.41) is 14.6. The van der Waals surface area contributed by atoms with Gasteiger partial charge in [-0.15, -0.1) is 0 Å². The second-order valence-corrected chi connectivity index (χ2v) is 6.08. The van der Waals surface area contributed by atoms with E-state index in [9.17, 15) is 9.59 Å². The van der Waals surface area contributed by atoms with Crippen molar-refractivity contribution in [2.24, 2.45) is 5.92 Å². The van der Waals surface area contributed by atoms with Gasteiger partial charge in [0, 0.05) is 18.3 Å². The fraction of sp³-hybridized carbons (Fsp3) is 0.529. The van der Waals surface area contributed by atoms with Crippen LogP contribution in [0.25, 0.3) is 0 Å². The molecule has 0 spiro atoms. The normalized spacial score (nSPS) is 21.2. The van der Waals surface area contributed by atoms with E-state index in [1.165, 1.54) is 0 Å². The molecule has 1 saturated carbocycles. The Morgan fingerprint density at radius 2 is 1.82 bits per heavy atom. The first kappa shape index (κ1) is 16.5. The van der Waals surface area contributed by atoms with Crippen molar-refractivity contribution in [3.63, 3.8) is 0 Å². The van der Waals surface area contributed by atoms with Gasteiger partial charge >= 0.3 is 11.8 Å². The first-order valence-corrected chi connectivity index (χ1v) is 7.80. The first-order chi connectivity index (χ1) is 10.5. The van der Waals surface area contributed by atoms with Crippen molar-refractivity contribution >= 4 is 17.5 Å². The summed E-state index contributed by atoms with van der Waals surface area (Å²) in [5.41, 5.74) is 2.71. The highest BCUT2D eigenvalue weighted by Crippen LogP contribution is 2.23. The summed E-state index contributed by atoms with van der Waals surface area (Å²) in [5.74, 6) is -0.886. The molecule has 0 unspecified atom stereocenters. The van der Waals surface area contributed by atoms with E-state index >= 15 is 0 Å². The molecular formula is C17H24N2O3. The number of carbonyl (C=O) groups is 2. The molecule has 0 heterocycles. The summed E-state index contributed by atoms with van der Waals surface area (Å²) < 4.78 is 0. The van der Waals surface area contributed by atoms with Crippen LogP contribution >= 0.6 is 0 Å². The largest absolute Gasteiger partial charge is 0.396 e. The molecule has 1 fully saturated rings. The number of anilines is 1. The number of hydrogen-bond acceptors (Lipinski definition) is 3. The standard InChI is InChI=1S/C17H24N2O3/c1-11-4-3-5-15(12(11)2)19-17(22)16(21)18-14-8-6-13(10-20)7-9-14/h3-5,13-14,20H,6-10H2,1-2H3,(H,18,21)(H,19,22). The van der Waals surface area contributed by atoms with Crippen molar-refractivity contribution < 1.29 is 14.7 Å². The van der Waals surface area contributed by atoms with Gasteiger partial charge in [0.1, 0.15) is 0 Å². The molecule has 3 N–H and O–H groups in total. The van der Waals surface area contributed by atoms with Crippen molar-refractivity contribution in [1.82, 2.24) is 5.32 Å². The molecule has 1 aromatic carbocycles. The van der Waals surface area contributed by atoms with Crippen LogP contribution in [0.5, 0.6) is 0 Å². The fourth-order valence-electron chi connectivity index (χ4n) is 2.81. The van der Waals surface area contributed by atoms with Gasteiger partial charge in [-0.05, 0) is 62.6 Å². The van der Waals surface area contributed by atoms with Crippen molar-refractivity contribution in [1.29, 1.82) is 0 Å². The van der Waals surface area contributed by atoms with E-state index in [1.807, 2.05) is 26.0 Å². The third-order valence-corrected chi connectivity index (χ3v) is 4.50. The number of benzene rings is 1. The molecule has 120 valence electrons. The van der Waals surface area contributed by atoms with E-state index in [0.29, 0.717) is 11.6 Å². The van der Waals surface area contributed by atoms with E-state index in [-0.39, 0.29) is 12.6 Å². The molecule has 0 radical (unpaired) electrons. The van der Waals surface area contributed by atoms with Crippen LogP contribution in [0.15, 0.2) is 18.2 Å². The SMILES string of the molecule is Cc1cccc(NC(=O)C(=O)NC2CCC(CO)CC2)c1C. The van der Waals surface area contributed by atoms with Crippen LogP contribution in [0.2, 0.25) is 0 Å². The molecule has 1 aromatic rings. The number of rotatable bonds is 3. The number of amides is 2. The zero-order valence-corrected chi connectivity index (χ0v) is 13.2. The molecule has 2 amide bonds. The zero-order valence-electron chi connectivity index (χ0n) is 13.2. The molecule has 1 aliphatic rings. The van der Waals surface area contributed by atoms with Crippen LogP contribution < -0.4 is 10.6 Å². The molecule has 0 aliphatic heterocycles. The molecule has 5 nitrogen and oxygen atoms in total. The maximum atomic E-state index is 12.0. The number of aliphatic hydroxyl groups excluding tert-OH is 1. The number of carbonyl (C=O) groups excluding carboxylic acids is 2. The van der Waals surface area contributed by atoms with Crippen LogP contribution in [0.4, 0.5) is 5.69 Å². The Bertz CT molecular complexity index is 549. The van der Waals surface area contributed by atoms with Gasteiger partial charge in [-0.3, -0.25) is 9.59 Å². The topological polar surface area (TPSA) is 78.4 Å². The molecular weight excluding hydrogens is 280 g/mol. The molecule has 2 rings (SSSR count). The van der Waals surface area contributed by atoms with Crippen molar-refractivity contribution in [3.05, 3.63) is 29.3 Å². The smallest absolute Gasteiger partial charge is 0.313 e. The number of nitrogens with one attached hydrogen (secondary N) is 2. The van der Waals surface area contributed by atoms with Gasteiger partial charge in [-0.2, -0.15) is 0 Å². The highest BCUT2D eigenvalue weighted by Gasteiger charge is 2.24. The zero-order chi connectivity index (χ0) is 16.1. The second kappa shape index (κ2) is 7.40. The Morgan fingerprint density at radius 3 is 2.45 bits per heavy atom. The predicted molar refractivity (Wildman–Crippen MR) is 85.5 cm³/mol. The highest BCUT2D eigenvalue weighted by molar-refractivity contribution is 6.39. The molecule has 5 heteroatoms. The Kier molecular flexibility index (Phi) is 5.55. The average molecular weight is 304 g/mol. The summed E-state index contributed by atoms with van der Waals surface area (Å²) in [4.78, 5) is 24.0. The molecule has 1 aliphatic carbocycles. The minimum Gasteiger partial charge on any atom is -0.396 e. The van der Waals surface area contributed by atoms with Gasteiger partial charge in [-0.1, -0.05) is 12.1 Å². The van der Waals surface area contributed by atoms with Crippen molar-refractivity contribution in [3.8, 4) is 0 Å². The molecule has 0 bridgehead atoms. The van der Waals surface area contributed by atoms with Crippen molar-refractivity contribution in [2.75, 3.05) is 11.9 Å². The van der Waals surface area contributed by atoms with Crippen LogP contribution in [0, 0.1) is 19.8 Å². The lowest BCUT2D eigenvalue weighted by Crippen LogP contribution is -2.43. The van der Waals surface area contributed by atoms with E-state index in [4.69, 9.17) is 5.11 Å². The van der Waals surface area contributed by atoms with E-state index in [1.54, 1.807) is 6.07 Å². The third kappa shape index (κ3) is 4.07. The molecule has 0 atom stereocenters. The summed E-state index contributed by atoms with van der Waals surface area (Å²) in [6.45, 7) is 4.08. The predicted octanol–water partition coefficient (Wildman–Crippen LogP) is 1.91. The van der Waals surface area contributed by atoms with Gasteiger partial charge in [0.2, 0.25) is 0 Å². The Balaban J connectivity index is 1.87. The number of hydrogen-bond donors (Lipinski definition) is 3. The monoisotopic (exact) mass is 304 g/mol. The van der Waals surface area contributed by atoms with Gasteiger partial charge in [0.25, 0.3) is 0 Å².